The van der Waals surface area contributed by atoms with Gasteiger partial charge in [0.25, 0.3) is 0 Å². The number of nitrogens with one attached hydrogen (secondary N) is 2. The third kappa shape index (κ3) is 3.04. The average Bonchev–Trinajstić information content (AvgIpc) is 2.69. The molecule has 2 aromatic rings. The van der Waals surface area contributed by atoms with Gasteiger partial charge in [-0.3, -0.25) is 5.10 Å². The van der Waals surface area contributed by atoms with Crippen LogP contribution in [0.15, 0.2) is 28.3 Å². The van der Waals surface area contributed by atoms with E-state index >= 15 is 0 Å². The van der Waals surface area contributed by atoms with Gasteiger partial charge < -0.3 is 5.32 Å². The monoisotopic (exact) mass is 252 g/mol. The first-order valence-electron chi connectivity index (χ1n) is 5.19. The van der Waals surface area contributed by atoms with Crippen molar-refractivity contribution < 1.29 is 4.39 Å². The third-order valence-electron chi connectivity index (χ3n) is 2.16. The van der Waals surface area contributed by atoms with Crippen LogP contribution in [0.2, 0.25) is 0 Å². The molecule has 1 aromatic carbocycles. The molecule has 6 heteroatoms. The molecule has 1 aromatic heterocycles. The first-order chi connectivity index (χ1) is 8.19. The fraction of sp³-hybridized carbons (Fsp3) is 0.273. The molecule has 0 aliphatic rings. The molecule has 0 unspecified atom stereocenters. The minimum atomic E-state index is -0.245. The molecule has 0 aliphatic heterocycles. The third-order valence-corrected chi connectivity index (χ3v) is 3.07. The van der Waals surface area contributed by atoms with Crippen LogP contribution in [0.5, 0.6) is 0 Å². The number of benzene rings is 1. The number of nitrogens with zero attached hydrogens (tertiary/aromatic N) is 2. The zero-order chi connectivity index (χ0) is 12.3. The predicted octanol–water partition coefficient (Wildman–Crippen LogP) is 2.12. The second-order valence-corrected chi connectivity index (χ2v) is 4.61. The van der Waals surface area contributed by atoms with Gasteiger partial charge in [-0.1, -0.05) is 6.07 Å². The van der Waals surface area contributed by atoms with Gasteiger partial charge in [0.2, 0.25) is 5.16 Å². The molecule has 0 spiro atoms. The Labute approximate surface area is 103 Å². The molecule has 1 heterocycles. The number of rotatable bonds is 4. The van der Waals surface area contributed by atoms with Crippen LogP contribution >= 0.6 is 11.8 Å². The van der Waals surface area contributed by atoms with Crippen molar-refractivity contribution in [3.8, 4) is 0 Å². The Kier molecular flexibility index (Phi) is 3.75. The number of halogens is 1. The van der Waals surface area contributed by atoms with Crippen LogP contribution in [0.4, 0.5) is 4.39 Å². The minimum absolute atomic E-state index is 0.245. The van der Waals surface area contributed by atoms with Gasteiger partial charge >= 0.3 is 0 Å². The van der Waals surface area contributed by atoms with E-state index in [2.05, 4.69) is 20.5 Å². The highest BCUT2D eigenvalue weighted by molar-refractivity contribution is 7.99. The molecule has 0 amide bonds. The molecule has 0 saturated heterocycles. The summed E-state index contributed by atoms with van der Waals surface area (Å²) in [4.78, 5) is 4.65. The summed E-state index contributed by atoms with van der Waals surface area (Å²) < 4.78 is 13.8. The van der Waals surface area contributed by atoms with Gasteiger partial charge in [0.1, 0.15) is 11.6 Å². The quantitative estimate of drug-likeness (QED) is 0.875. The van der Waals surface area contributed by atoms with E-state index in [1.807, 2.05) is 20.0 Å². The SMILES string of the molecule is CNCc1ccc(Sc2n[nH]c(C)n2)c(F)c1. The fourth-order valence-electron chi connectivity index (χ4n) is 1.41. The van der Waals surface area contributed by atoms with E-state index in [4.69, 9.17) is 0 Å². The Hall–Kier alpha value is -1.40. The van der Waals surface area contributed by atoms with Crippen molar-refractivity contribution in [1.82, 2.24) is 20.5 Å². The number of hydrogen-bond donors (Lipinski definition) is 2. The van der Waals surface area contributed by atoms with Gasteiger partial charge in [-0.15, -0.1) is 5.10 Å². The molecule has 17 heavy (non-hydrogen) atoms. The average molecular weight is 252 g/mol. The lowest BCUT2D eigenvalue weighted by atomic mass is 10.2. The van der Waals surface area contributed by atoms with E-state index < -0.39 is 0 Å². The molecule has 90 valence electrons. The Morgan fingerprint density at radius 3 is 2.88 bits per heavy atom. The number of aryl methyl sites for hydroxylation is 1. The summed E-state index contributed by atoms with van der Waals surface area (Å²) in [5.41, 5.74) is 0.917. The summed E-state index contributed by atoms with van der Waals surface area (Å²) in [6.45, 7) is 2.46. The van der Waals surface area contributed by atoms with Crippen molar-refractivity contribution in [2.24, 2.45) is 0 Å². The fourth-order valence-corrected chi connectivity index (χ4v) is 2.17. The van der Waals surface area contributed by atoms with E-state index in [0.717, 1.165) is 11.4 Å². The van der Waals surface area contributed by atoms with Crippen LogP contribution in [0.3, 0.4) is 0 Å². The molecular weight excluding hydrogens is 239 g/mol. The van der Waals surface area contributed by atoms with Gasteiger partial charge in [-0.2, -0.15) is 0 Å². The molecule has 0 bridgehead atoms. The van der Waals surface area contributed by atoms with E-state index in [9.17, 15) is 4.39 Å². The smallest absolute Gasteiger partial charge is 0.213 e. The van der Waals surface area contributed by atoms with Gasteiger partial charge in [0.15, 0.2) is 0 Å². The topological polar surface area (TPSA) is 53.6 Å². The van der Waals surface area contributed by atoms with Crippen molar-refractivity contribution in [2.75, 3.05) is 7.05 Å². The van der Waals surface area contributed by atoms with E-state index in [0.29, 0.717) is 16.6 Å². The van der Waals surface area contributed by atoms with Crippen molar-refractivity contribution in [3.63, 3.8) is 0 Å². The van der Waals surface area contributed by atoms with Crippen LogP contribution in [-0.4, -0.2) is 22.2 Å². The van der Waals surface area contributed by atoms with Crippen LogP contribution in [0, 0.1) is 12.7 Å². The van der Waals surface area contributed by atoms with Gasteiger partial charge in [-0.25, -0.2) is 9.37 Å². The summed E-state index contributed by atoms with van der Waals surface area (Å²) in [7, 11) is 1.83. The van der Waals surface area contributed by atoms with E-state index in [1.54, 1.807) is 6.07 Å². The molecule has 0 fully saturated rings. The molecule has 0 radical (unpaired) electrons. The summed E-state index contributed by atoms with van der Waals surface area (Å²) in [5.74, 6) is 0.477. The van der Waals surface area contributed by atoms with Crippen molar-refractivity contribution in [1.29, 1.82) is 0 Å². The first kappa shape index (κ1) is 12.1. The number of H-pyrrole nitrogens is 1. The number of aromatic nitrogens is 3. The highest BCUT2D eigenvalue weighted by atomic mass is 32.2. The lowest BCUT2D eigenvalue weighted by Gasteiger charge is -2.03. The largest absolute Gasteiger partial charge is 0.316 e. The molecule has 4 nitrogen and oxygen atoms in total. The summed E-state index contributed by atoms with van der Waals surface area (Å²) in [5, 5.41) is 10.2. The van der Waals surface area contributed by atoms with Crippen LogP contribution in [-0.2, 0) is 6.54 Å². The minimum Gasteiger partial charge on any atom is -0.316 e. The van der Waals surface area contributed by atoms with Gasteiger partial charge in [0, 0.05) is 6.54 Å². The molecule has 0 atom stereocenters. The zero-order valence-electron chi connectivity index (χ0n) is 9.62. The number of hydrogen-bond acceptors (Lipinski definition) is 4. The van der Waals surface area contributed by atoms with Crippen LogP contribution < -0.4 is 5.32 Å². The Balaban J connectivity index is 2.16. The molecule has 0 aliphatic carbocycles. The van der Waals surface area contributed by atoms with Crippen LogP contribution in [0.1, 0.15) is 11.4 Å². The van der Waals surface area contributed by atoms with E-state index in [1.165, 1.54) is 17.8 Å². The zero-order valence-corrected chi connectivity index (χ0v) is 10.4. The summed E-state index contributed by atoms with van der Waals surface area (Å²) in [6.07, 6.45) is 0. The highest BCUT2D eigenvalue weighted by Crippen LogP contribution is 2.27. The predicted molar refractivity (Wildman–Crippen MR) is 64.4 cm³/mol. The Morgan fingerprint density at radius 2 is 2.29 bits per heavy atom. The molecule has 2 N–H and O–H groups in total. The maximum Gasteiger partial charge on any atom is 0.213 e. The highest BCUT2D eigenvalue weighted by Gasteiger charge is 2.08. The van der Waals surface area contributed by atoms with E-state index in [-0.39, 0.29) is 5.82 Å². The molecule has 0 saturated carbocycles. The Morgan fingerprint density at radius 1 is 1.47 bits per heavy atom. The molecule has 2 rings (SSSR count). The second kappa shape index (κ2) is 5.29. The van der Waals surface area contributed by atoms with Crippen molar-refractivity contribution >= 4 is 11.8 Å². The maximum atomic E-state index is 13.8. The standard InChI is InChI=1S/C11H13FN4S/c1-7-14-11(16-15-7)17-10-4-3-8(6-13-2)5-9(10)12/h3-5,13H,6H2,1-2H3,(H,14,15,16). The van der Waals surface area contributed by atoms with Gasteiger partial charge in [0.05, 0.1) is 4.90 Å². The maximum absolute atomic E-state index is 13.8. The molecular formula is C11H13FN4S. The summed E-state index contributed by atoms with van der Waals surface area (Å²) >= 11 is 1.21. The second-order valence-electron chi connectivity index (χ2n) is 3.60. The first-order valence-corrected chi connectivity index (χ1v) is 6.00. The van der Waals surface area contributed by atoms with Gasteiger partial charge in [-0.05, 0) is 43.4 Å². The number of aromatic amines is 1. The normalized spacial score (nSPS) is 10.8. The van der Waals surface area contributed by atoms with Crippen LogP contribution in [0.25, 0.3) is 0 Å². The Bertz CT molecular complexity index is 512. The lowest BCUT2D eigenvalue weighted by Crippen LogP contribution is -2.05. The summed E-state index contributed by atoms with van der Waals surface area (Å²) in [6, 6.07) is 5.16. The van der Waals surface area contributed by atoms with Crippen molar-refractivity contribution in [2.45, 2.75) is 23.5 Å². The van der Waals surface area contributed by atoms with Crippen molar-refractivity contribution in [3.05, 3.63) is 35.4 Å². The lowest BCUT2D eigenvalue weighted by molar-refractivity contribution is 0.597.